The lowest BCUT2D eigenvalue weighted by molar-refractivity contribution is 0.0224. The predicted molar refractivity (Wildman–Crippen MR) is 159 cm³/mol. The quantitative estimate of drug-likeness (QED) is 0.242. The standard InChI is InChI=1S/C33H27F2N3O7/c34-22-4-6-23(7-5-22)38-9-1-2-24(33(38)40)28(39)17-21-3-8-29(26(35)16-21)45-32-25-18-30-31(19-27(25)36-20-37-32)44-15-13-42-11-10-41-12-14-43-30/h1-9,16,18-20H,10-15,17H2. The molecule has 0 saturated carbocycles. The van der Waals surface area contributed by atoms with Gasteiger partial charge in [0.1, 0.15) is 25.4 Å². The van der Waals surface area contributed by atoms with E-state index in [1.54, 1.807) is 18.2 Å². The number of halogens is 2. The van der Waals surface area contributed by atoms with Crippen molar-refractivity contribution < 1.29 is 37.3 Å². The van der Waals surface area contributed by atoms with Crippen LogP contribution >= 0.6 is 0 Å². The minimum atomic E-state index is -0.730. The Morgan fingerprint density at radius 1 is 0.844 bits per heavy atom. The first-order chi connectivity index (χ1) is 22.0. The van der Waals surface area contributed by atoms with Gasteiger partial charge in [-0.05, 0) is 60.2 Å². The molecule has 6 rings (SSSR count). The first-order valence-corrected chi connectivity index (χ1v) is 14.1. The second kappa shape index (κ2) is 13.6. The molecule has 230 valence electrons. The summed E-state index contributed by atoms with van der Waals surface area (Å²) in [6.07, 6.45) is 2.55. The van der Waals surface area contributed by atoms with Crippen molar-refractivity contribution >= 4 is 16.7 Å². The average molecular weight is 616 g/mol. The van der Waals surface area contributed by atoms with Gasteiger partial charge >= 0.3 is 0 Å². The van der Waals surface area contributed by atoms with Gasteiger partial charge in [-0.1, -0.05) is 6.07 Å². The van der Waals surface area contributed by atoms with Crippen LogP contribution in [0.4, 0.5) is 8.78 Å². The number of carbonyl (C=O) groups excluding carboxylic acids is 1. The fraction of sp³-hybridized carbons (Fsp3) is 0.212. The molecule has 0 spiro atoms. The number of hydrogen-bond donors (Lipinski definition) is 0. The molecule has 2 aromatic heterocycles. The lowest BCUT2D eigenvalue weighted by Crippen LogP contribution is -2.25. The molecule has 0 radical (unpaired) electrons. The number of carbonyl (C=O) groups is 1. The van der Waals surface area contributed by atoms with Crippen molar-refractivity contribution in [1.29, 1.82) is 0 Å². The molecule has 0 amide bonds. The van der Waals surface area contributed by atoms with Crippen molar-refractivity contribution in [2.75, 3.05) is 39.6 Å². The van der Waals surface area contributed by atoms with Crippen molar-refractivity contribution in [2.24, 2.45) is 0 Å². The Labute approximate surface area is 255 Å². The molecular weight excluding hydrogens is 588 g/mol. The molecule has 0 fully saturated rings. The van der Waals surface area contributed by atoms with E-state index < -0.39 is 23.0 Å². The molecule has 3 aromatic carbocycles. The molecule has 0 aliphatic carbocycles. The van der Waals surface area contributed by atoms with Gasteiger partial charge in [0.2, 0.25) is 5.88 Å². The number of fused-ring (bicyclic) bond motifs is 2. The lowest BCUT2D eigenvalue weighted by Gasteiger charge is -2.16. The Morgan fingerprint density at radius 2 is 1.56 bits per heavy atom. The summed E-state index contributed by atoms with van der Waals surface area (Å²) in [6.45, 7) is 2.20. The van der Waals surface area contributed by atoms with E-state index >= 15 is 4.39 Å². The summed E-state index contributed by atoms with van der Waals surface area (Å²) in [4.78, 5) is 34.6. The van der Waals surface area contributed by atoms with Crippen LogP contribution in [0.3, 0.4) is 0 Å². The van der Waals surface area contributed by atoms with Gasteiger partial charge in [-0.25, -0.2) is 18.7 Å². The summed E-state index contributed by atoms with van der Waals surface area (Å²) in [7, 11) is 0. The number of aromatic nitrogens is 3. The highest BCUT2D eigenvalue weighted by molar-refractivity contribution is 5.97. The van der Waals surface area contributed by atoms with Gasteiger partial charge in [0.15, 0.2) is 28.8 Å². The van der Waals surface area contributed by atoms with E-state index in [4.69, 9.17) is 23.7 Å². The van der Waals surface area contributed by atoms with E-state index in [9.17, 15) is 14.0 Å². The Bertz CT molecular complexity index is 1900. The minimum absolute atomic E-state index is 0.0763. The highest BCUT2D eigenvalue weighted by Gasteiger charge is 2.18. The largest absolute Gasteiger partial charge is 0.487 e. The maximum Gasteiger partial charge on any atom is 0.265 e. The number of ether oxygens (including phenoxy) is 5. The smallest absolute Gasteiger partial charge is 0.265 e. The third-order valence-corrected chi connectivity index (χ3v) is 6.93. The number of rotatable bonds is 6. The minimum Gasteiger partial charge on any atom is -0.487 e. The summed E-state index contributed by atoms with van der Waals surface area (Å²) in [6, 6.07) is 15.7. The van der Waals surface area contributed by atoms with Crippen LogP contribution in [-0.2, 0) is 15.9 Å². The zero-order valence-corrected chi connectivity index (χ0v) is 23.9. The molecule has 0 unspecified atom stereocenters. The van der Waals surface area contributed by atoms with Crippen LogP contribution in [0.1, 0.15) is 15.9 Å². The van der Waals surface area contributed by atoms with Gasteiger partial charge in [-0.3, -0.25) is 14.2 Å². The normalized spacial score (nSPS) is 13.9. The van der Waals surface area contributed by atoms with Gasteiger partial charge in [0.05, 0.1) is 42.9 Å². The highest BCUT2D eigenvalue weighted by Crippen LogP contribution is 2.37. The average Bonchev–Trinajstić information content (AvgIpc) is 3.03. The van der Waals surface area contributed by atoms with E-state index in [0.29, 0.717) is 66.7 Å². The van der Waals surface area contributed by atoms with E-state index in [-0.39, 0.29) is 30.2 Å². The van der Waals surface area contributed by atoms with Crippen LogP contribution in [0.2, 0.25) is 0 Å². The number of Topliss-reactive ketones (excluding diaryl/α,β-unsaturated/α-hetero) is 1. The van der Waals surface area contributed by atoms with Crippen LogP contribution in [-0.4, -0.2) is 60.0 Å². The first kappa shape index (κ1) is 29.9. The summed E-state index contributed by atoms with van der Waals surface area (Å²) in [5.41, 5.74) is 0.597. The number of ketones is 1. The zero-order valence-electron chi connectivity index (χ0n) is 23.9. The molecule has 0 atom stereocenters. The number of pyridine rings is 1. The van der Waals surface area contributed by atoms with Crippen LogP contribution in [0.25, 0.3) is 16.6 Å². The molecule has 10 nitrogen and oxygen atoms in total. The Morgan fingerprint density at radius 3 is 2.29 bits per heavy atom. The van der Waals surface area contributed by atoms with Crippen LogP contribution in [0.15, 0.2) is 84.0 Å². The van der Waals surface area contributed by atoms with Gasteiger partial charge in [-0.2, -0.15) is 0 Å². The third-order valence-electron chi connectivity index (χ3n) is 6.93. The summed E-state index contributed by atoms with van der Waals surface area (Å²) in [5, 5.41) is 0.462. The van der Waals surface area contributed by atoms with Gasteiger partial charge in [0.25, 0.3) is 5.56 Å². The van der Waals surface area contributed by atoms with Gasteiger partial charge in [0, 0.05) is 24.4 Å². The number of benzene rings is 3. The monoisotopic (exact) mass is 615 g/mol. The molecule has 0 saturated heterocycles. The van der Waals surface area contributed by atoms with Crippen LogP contribution in [0.5, 0.6) is 23.1 Å². The van der Waals surface area contributed by atoms with Crippen molar-refractivity contribution in [3.8, 4) is 28.8 Å². The van der Waals surface area contributed by atoms with Crippen molar-refractivity contribution in [3.63, 3.8) is 0 Å². The van der Waals surface area contributed by atoms with Crippen molar-refractivity contribution in [2.45, 2.75) is 6.42 Å². The fourth-order valence-corrected chi connectivity index (χ4v) is 4.72. The molecule has 3 heterocycles. The summed E-state index contributed by atoms with van der Waals surface area (Å²) >= 11 is 0. The van der Waals surface area contributed by atoms with Crippen molar-refractivity contribution in [1.82, 2.24) is 14.5 Å². The second-order valence-electron chi connectivity index (χ2n) is 9.96. The first-order valence-electron chi connectivity index (χ1n) is 14.1. The van der Waals surface area contributed by atoms with Gasteiger partial charge < -0.3 is 23.7 Å². The summed E-state index contributed by atoms with van der Waals surface area (Å²) < 4.78 is 58.4. The van der Waals surface area contributed by atoms with Crippen molar-refractivity contribution in [3.05, 3.63) is 112 Å². The predicted octanol–water partition coefficient (Wildman–Crippen LogP) is 5.08. The van der Waals surface area contributed by atoms with Crippen LogP contribution < -0.4 is 19.8 Å². The fourth-order valence-electron chi connectivity index (χ4n) is 4.72. The highest BCUT2D eigenvalue weighted by atomic mass is 19.1. The maximum absolute atomic E-state index is 15.3. The van der Waals surface area contributed by atoms with E-state index in [1.807, 2.05) is 0 Å². The van der Waals surface area contributed by atoms with Gasteiger partial charge in [-0.15, -0.1) is 0 Å². The number of nitrogens with zero attached hydrogens (tertiary/aromatic N) is 3. The Balaban J connectivity index is 1.21. The number of hydrogen-bond acceptors (Lipinski definition) is 9. The topological polar surface area (TPSA) is 111 Å². The Kier molecular flexibility index (Phi) is 9.04. The lowest BCUT2D eigenvalue weighted by atomic mass is 10.0. The molecule has 1 aliphatic heterocycles. The van der Waals surface area contributed by atoms with E-state index in [0.717, 1.165) is 0 Å². The molecule has 1 aliphatic rings. The molecule has 0 N–H and O–H groups in total. The molecular formula is C33H27F2N3O7. The van der Waals surface area contributed by atoms with Crippen LogP contribution in [0, 0.1) is 11.6 Å². The Hall–Kier alpha value is -5.20. The molecule has 5 aromatic rings. The zero-order chi connectivity index (χ0) is 31.2. The SMILES string of the molecule is O=C(Cc1ccc(Oc2ncnc3cc4c(cc23)OCCOCCOCCO4)c(F)c1)c1cccn(-c2ccc(F)cc2)c1=O. The summed E-state index contributed by atoms with van der Waals surface area (Å²) in [5.74, 6) is -0.839. The second-order valence-corrected chi connectivity index (χ2v) is 9.96. The molecule has 45 heavy (non-hydrogen) atoms. The third kappa shape index (κ3) is 6.97. The maximum atomic E-state index is 15.3. The van der Waals surface area contributed by atoms with E-state index in [2.05, 4.69) is 9.97 Å². The molecule has 0 bridgehead atoms. The molecule has 12 heteroatoms. The van der Waals surface area contributed by atoms with E-state index in [1.165, 1.54) is 65.6 Å².